The van der Waals surface area contributed by atoms with Crippen molar-refractivity contribution in [2.24, 2.45) is 0 Å². The van der Waals surface area contributed by atoms with Gasteiger partial charge in [-0.2, -0.15) is 13.1 Å². The maximum absolute atomic E-state index is 13.5. The number of nitrogens with zero attached hydrogens (tertiary/aromatic N) is 1. The van der Waals surface area contributed by atoms with Crippen LogP contribution >= 0.6 is 0 Å². The first-order valence-electron chi connectivity index (χ1n) is 15.2. The molecule has 6 aromatic rings. The van der Waals surface area contributed by atoms with Crippen molar-refractivity contribution in [3.8, 4) is 5.75 Å². The molecule has 1 N–H and O–H groups in total. The lowest BCUT2D eigenvalue weighted by molar-refractivity contribution is 0.305. The number of para-hydroxylation sites is 2. The number of hydrogen-bond donors (Lipinski definition) is 1. The first kappa shape index (κ1) is 29.5. The van der Waals surface area contributed by atoms with Crippen LogP contribution in [0.1, 0.15) is 67.6 Å². The summed E-state index contributed by atoms with van der Waals surface area (Å²) in [5, 5.41) is 11.8. The zero-order chi connectivity index (χ0) is 30.7. The molecule has 3 atom stereocenters. The van der Waals surface area contributed by atoms with Crippen LogP contribution in [0.2, 0.25) is 0 Å². The summed E-state index contributed by atoms with van der Waals surface area (Å²) in [5.41, 5.74) is 5.00. The lowest BCUT2D eigenvalue weighted by atomic mass is 9.78. The lowest BCUT2D eigenvalue weighted by Gasteiger charge is -2.26. The molecule has 0 aliphatic carbocycles. The summed E-state index contributed by atoms with van der Waals surface area (Å²) in [6, 6.07) is 40.5. The Hall–Kier alpha value is -4.55. The molecule has 5 nitrogen and oxygen atoms in total. The van der Waals surface area contributed by atoms with Crippen LogP contribution in [0.3, 0.4) is 0 Å². The molecule has 0 aliphatic heterocycles. The monoisotopic (exact) mass is 603 g/mol. The van der Waals surface area contributed by atoms with Gasteiger partial charge in [-0.1, -0.05) is 105 Å². The normalized spacial score (nSPS) is 14.0. The minimum absolute atomic E-state index is 0.112. The molecule has 6 heteroatoms. The van der Waals surface area contributed by atoms with Gasteiger partial charge >= 0.3 is 10.1 Å². The molecule has 5 aromatic carbocycles. The molecular formula is C38H37NO4S. The largest absolute Gasteiger partial charge is 0.508 e. The van der Waals surface area contributed by atoms with Crippen LogP contribution < -0.4 is 4.28 Å². The number of phenolic OH excluding ortho intramolecular Hbond substituents is 1. The summed E-state index contributed by atoms with van der Waals surface area (Å²) in [6.07, 6.45) is 2.90. The molecule has 0 spiro atoms. The fraction of sp³-hybridized carbons (Fsp3) is 0.211. The van der Waals surface area contributed by atoms with Crippen LogP contribution in [-0.2, 0) is 10.1 Å². The highest BCUT2D eigenvalue weighted by atomic mass is 32.2. The summed E-state index contributed by atoms with van der Waals surface area (Å²) in [7, 11) is -4.09. The van der Waals surface area contributed by atoms with E-state index in [1.54, 1.807) is 24.3 Å². The Morgan fingerprint density at radius 2 is 1.16 bits per heavy atom. The number of rotatable bonds is 11. The van der Waals surface area contributed by atoms with E-state index in [1.165, 1.54) is 15.9 Å². The van der Waals surface area contributed by atoms with E-state index in [2.05, 4.69) is 38.1 Å². The number of aromatic nitrogens is 1. The molecule has 0 radical (unpaired) electrons. The minimum atomic E-state index is -4.09. The Balaban J connectivity index is 1.23. The van der Waals surface area contributed by atoms with Crippen molar-refractivity contribution in [2.45, 2.75) is 55.8 Å². The topological polar surface area (TPSA) is 68.5 Å². The third kappa shape index (κ3) is 6.08. The van der Waals surface area contributed by atoms with Gasteiger partial charge in [0.15, 0.2) is 0 Å². The second-order valence-corrected chi connectivity index (χ2v) is 13.1. The fourth-order valence-electron chi connectivity index (χ4n) is 6.36. The summed E-state index contributed by atoms with van der Waals surface area (Å²) in [6.45, 7) is 4.42. The highest BCUT2D eigenvalue weighted by molar-refractivity contribution is 7.87. The van der Waals surface area contributed by atoms with Gasteiger partial charge in [0.25, 0.3) is 0 Å². The third-order valence-corrected chi connectivity index (χ3v) is 9.98. The minimum Gasteiger partial charge on any atom is -0.508 e. The van der Waals surface area contributed by atoms with Gasteiger partial charge in [-0.3, -0.25) is 4.28 Å². The van der Waals surface area contributed by atoms with Gasteiger partial charge in [0, 0.05) is 10.8 Å². The van der Waals surface area contributed by atoms with Crippen LogP contribution in [0.25, 0.3) is 21.8 Å². The molecular weight excluding hydrogens is 566 g/mol. The van der Waals surface area contributed by atoms with E-state index in [-0.39, 0.29) is 22.5 Å². The summed E-state index contributed by atoms with van der Waals surface area (Å²) < 4.78 is 34.1. The average Bonchev–Trinajstić information content (AvgIpc) is 3.36. The van der Waals surface area contributed by atoms with Crippen LogP contribution in [-0.4, -0.2) is 18.3 Å². The molecule has 3 unspecified atom stereocenters. The second kappa shape index (κ2) is 12.6. The van der Waals surface area contributed by atoms with E-state index in [1.807, 2.05) is 78.9 Å². The predicted octanol–water partition coefficient (Wildman–Crippen LogP) is 9.18. The molecule has 0 saturated carbocycles. The Morgan fingerprint density at radius 1 is 0.636 bits per heavy atom. The molecule has 0 fully saturated rings. The molecule has 1 heterocycles. The standard InChI is InChI=1S/C38H37NO4S/c1-3-28(30-11-5-4-6-12-30)26-32(31-17-21-33(40)22-18-31)25-27(2)29-19-23-34(24-20-29)44(41,42)43-39-37-15-9-7-13-35(37)36-14-8-10-16-38(36)39/h4-24,27-28,32,40H,3,25-26H2,1-2H3. The van der Waals surface area contributed by atoms with E-state index >= 15 is 0 Å². The molecule has 0 amide bonds. The van der Waals surface area contributed by atoms with Gasteiger partial charge in [0.05, 0.1) is 11.0 Å². The lowest BCUT2D eigenvalue weighted by Crippen LogP contribution is -2.20. The van der Waals surface area contributed by atoms with Gasteiger partial charge in [0.1, 0.15) is 10.6 Å². The Morgan fingerprint density at radius 3 is 1.75 bits per heavy atom. The Kier molecular flexibility index (Phi) is 8.45. The smallest absolute Gasteiger partial charge is 0.357 e. The van der Waals surface area contributed by atoms with Crippen LogP contribution in [0, 0.1) is 0 Å². The zero-order valence-electron chi connectivity index (χ0n) is 25.0. The van der Waals surface area contributed by atoms with E-state index in [0.717, 1.165) is 35.6 Å². The number of hydrogen-bond acceptors (Lipinski definition) is 4. The molecule has 0 saturated heterocycles. The van der Waals surface area contributed by atoms with Crippen molar-refractivity contribution in [1.29, 1.82) is 0 Å². The average molecular weight is 604 g/mol. The molecule has 0 aliphatic rings. The van der Waals surface area contributed by atoms with Gasteiger partial charge < -0.3 is 5.11 Å². The highest BCUT2D eigenvalue weighted by Gasteiger charge is 2.24. The van der Waals surface area contributed by atoms with Gasteiger partial charge in [-0.15, -0.1) is 0 Å². The maximum atomic E-state index is 13.5. The van der Waals surface area contributed by atoms with Crippen molar-refractivity contribution in [1.82, 2.24) is 4.73 Å². The molecule has 0 bridgehead atoms. The molecule has 224 valence electrons. The summed E-state index contributed by atoms with van der Waals surface area (Å²) in [4.78, 5) is 0.112. The fourth-order valence-corrected chi connectivity index (χ4v) is 7.27. The highest BCUT2D eigenvalue weighted by Crippen LogP contribution is 2.39. The van der Waals surface area contributed by atoms with Crippen LogP contribution in [0.4, 0.5) is 0 Å². The Bertz CT molecular complexity index is 1910. The number of phenols is 1. The summed E-state index contributed by atoms with van der Waals surface area (Å²) in [5.74, 6) is 1.11. The Labute approximate surface area is 259 Å². The van der Waals surface area contributed by atoms with E-state index in [4.69, 9.17) is 4.28 Å². The maximum Gasteiger partial charge on any atom is 0.357 e. The van der Waals surface area contributed by atoms with Crippen LogP contribution in [0.15, 0.2) is 132 Å². The number of benzene rings is 5. The van der Waals surface area contributed by atoms with Crippen molar-refractivity contribution < 1.29 is 17.8 Å². The van der Waals surface area contributed by atoms with Crippen molar-refractivity contribution >= 4 is 31.9 Å². The van der Waals surface area contributed by atoms with Gasteiger partial charge in [-0.05, 0) is 90.1 Å². The van der Waals surface area contributed by atoms with Gasteiger partial charge in [0.2, 0.25) is 0 Å². The van der Waals surface area contributed by atoms with E-state index in [9.17, 15) is 13.5 Å². The predicted molar refractivity (Wildman–Crippen MR) is 178 cm³/mol. The van der Waals surface area contributed by atoms with Crippen molar-refractivity contribution in [3.05, 3.63) is 144 Å². The van der Waals surface area contributed by atoms with Crippen LogP contribution in [0.5, 0.6) is 5.75 Å². The van der Waals surface area contributed by atoms with E-state index in [0.29, 0.717) is 17.0 Å². The molecule has 1 aromatic heterocycles. The number of fused-ring (bicyclic) bond motifs is 3. The number of aromatic hydroxyl groups is 1. The van der Waals surface area contributed by atoms with E-state index < -0.39 is 10.1 Å². The quantitative estimate of drug-likeness (QED) is 0.160. The second-order valence-electron chi connectivity index (χ2n) is 11.6. The molecule has 44 heavy (non-hydrogen) atoms. The summed E-state index contributed by atoms with van der Waals surface area (Å²) >= 11 is 0. The first-order chi connectivity index (χ1) is 21.3. The zero-order valence-corrected chi connectivity index (χ0v) is 25.8. The van der Waals surface area contributed by atoms with Crippen molar-refractivity contribution in [3.63, 3.8) is 0 Å². The van der Waals surface area contributed by atoms with Crippen molar-refractivity contribution in [2.75, 3.05) is 0 Å². The molecule has 6 rings (SSSR count). The first-order valence-corrected chi connectivity index (χ1v) is 16.6. The SMILES string of the molecule is CCC(CC(CC(C)c1ccc(S(=O)(=O)On2c3ccccc3c3ccccc32)cc1)c1ccc(O)cc1)c1ccccc1. The van der Waals surface area contributed by atoms with Gasteiger partial charge in [-0.25, -0.2) is 0 Å². The third-order valence-electron chi connectivity index (χ3n) is 8.78.